The third-order valence-electron chi connectivity index (χ3n) is 14.1. The second-order valence-corrected chi connectivity index (χ2v) is 19.8. The Morgan fingerprint density at radius 2 is 0.621 bits per heavy atom. The minimum atomic E-state index is 1.16. The molecule has 0 aliphatic heterocycles. The maximum Gasteiger partial charge on any atom is 0.0548 e. The molecule has 0 aliphatic carbocycles. The number of rotatable bonds is 4. The quantitative estimate of drug-likeness (QED) is 0.167. The standard InChI is InChI=1S/C62H36N2S2/c1-5-13-53-49(11-1)61-55(63(53)45-25-21-37-17-19-39(31-43(37)33-45)41-23-29-59-51(35-41)47-9-3-7-15-57(47)65-59)27-28-56-62(61)50-12-2-6-14-54(50)64(56)46-26-22-38-18-20-40(32-44(38)34-46)42-24-30-60-52(36-42)48-10-4-8-16-58(48)66-60/h1-36H. The third kappa shape index (κ3) is 5.28. The van der Waals surface area contributed by atoms with Gasteiger partial charge in [-0.3, -0.25) is 0 Å². The van der Waals surface area contributed by atoms with Crippen LogP contribution in [0.3, 0.4) is 0 Å². The number of fused-ring (bicyclic) bond motifs is 15. The van der Waals surface area contributed by atoms with Crippen molar-refractivity contribution in [3.05, 3.63) is 218 Å². The van der Waals surface area contributed by atoms with Crippen LogP contribution < -0.4 is 0 Å². The van der Waals surface area contributed by atoms with E-state index >= 15 is 0 Å². The summed E-state index contributed by atoms with van der Waals surface area (Å²) in [6.07, 6.45) is 0. The van der Waals surface area contributed by atoms with E-state index in [1.165, 1.54) is 128 Å². The Bertz CT molecular complexity index is 4250. The van der Waals surface area contributed by atoms with Crippen LogP contribution in [0.5, 0.6) is 0 Å². The average molecular weight is 873 g/mol. The molecular formula is C62H36N2S2. The lowest BCUT2D eigenvalue weighted by molar-refractivity contribution is 1.18. The van der Waals surface area contributed by atoms with Gasteiger partial charge in [0.25, 0.3) is 0 Å². The first-order valence-electron chi connectivity index (χ1n) is 22.6. The predicted octanol–water partition coefficient (Wildman–Crippen LogP) is 18.3. The lowest BCUT2D eigenvalue weighted by Gasteiger charge is -2.12. The van der Waals surface area contributed by atoms with Crippen molar-refractivity contribution in [2.75, 3.05) is 0 Å². The van der Waals surface area contributed by atoms with E-state index in [4.69, 9.17) is 0 Å². The van der Waals surface area contributed by atoms with Crippen LogP contribution in [0, 0.1) is 0 Å². The number of aromatic nitrogens is 2. The molecular weight excluding hydrogens is 837 g/mol. The number of para-hydroxylation sites is 2. The van der Waals surface area contributed by atoms with Gasteiger partial charge in [0.2, 0.25) is 0 Å². The Kier molecular flexibility index (Phi) is 7.57. The van der Waals surface area contributed by atoms with Gasteiger partial charge in [-0.1, -0.05) is 121 Å². The Hall–Kier alpha value is -8.02. The second-order valence-electron chi connectivity index (χ2n) is 17.7. The van der Waals surface area contributed by atoms with Gasteiger partial charge >= 0.3 is 0 Å². The molecule has 0 saturated carbocycles. The Morgan fingerprint density at radius 1 is 0.242 bits per heavy atom. The molecule has 2 nitrogen and oxygen atoms in total. The molecule has 0 atom stereocenters. The summed E-state index contributed by atoms with van der Waals surface area (Å²) in [4.78, 5) is 0. The Balaban J connectivity index is 0.887. The highest BCUT2D eigenvalue weighted by Gasteiger charge is 2.21. The monoisotopic (exact) mass is 872 g/mol. The number of hydrogen-bond donors (Lipinski definition) is 0. The summed E-state index contributed by atoms with van der Waals surface area (Å²) < 4.78 is 10.3. The van der Waals surface area contributed by atoms with Crippen molar-refractivity contribution in [1.82, 2.24) is 9.13 Å². The van der Waals surface area contributed by atoms with Crippen LogP contribution in [0.1, 0.15) is 0 Å². The summed E-state index contributed by atoms with van der Waals surface area (Å²) in [5, 5.41) is 15.3. The van der Waals surface area contributed by atoms with Crippen molar-refractivity contribution < 1.29 is 0 Å². The van der Waals surface area contributed by atoms with E-state index in [0.717, 1.165) is 11.4 Å². The number of hydrogen-bond acceptors (Lipinski definition) is 2. The lowest BCUT2D eigenvalue weighted by Crippen LogP contribution is -1.95. The van der Waals surface area contributed by atoms with Gasteiger partial charge in [0, 0.05) is 73.3 Å². The smallest absolute Gasteiger partial charge is 0.0548 e. The summed E-state index contributed by atoms with van der Waals surface area (Å²) in [6, 6.07) is 81.6. The Morgan fingerprint density at radius 3 is 1.11 bits per heavy atom. The normalized spacial score (nSPS) is 12.2. The molecule has 0 bridgehead atoms. The van der Waals surface area contributed by atoms with Crippen LogP contribution in [-0.2, 0) is 0 Å². The molecule has 306 valence electrons. The molecule has 15 rings (SSSR count). The molecule has 4 heteroatoms. The van der Waals surface area contributed by atoms with Crippen LogP contribution in [0.4, 0.5) is 0 Å². The number of benzene rings is 11. The fourth-order valence-electron chi connectivity index (χ4n) is 11.0. The molecule has 0 amide bonds. The van der Waals surface area contributed by atoms with Crippen LogP contribution in [0.2, 0.25) is 0 Å². The van der Waals surface area contributed by atoms with Crippen LogP contribution in [0.15, 0.2) is 218 Å². The summed E-state index contributed by atoms with van der Waals surface area (Å²) in [5.74, 6) is 0. The highest BCUT2D eigenvalue weighted by atomic mass is 32.1. The molecule has 15 aromatic rings. The van der Waals surface area contributed by atoms with Crippen molar-refractivity contribution in [3.63, 3.8) is 0 Å². The average Bonchev–Trinajstić information content (AvgIpc) is 4.13. The third-order valence-corrected chi connectivity index (χ3v) is 16.4. The number of thiophene rings is 2. The van der Waals surface area contributed by atoms with E-state index in [-0.39, 0.29) is 0 Å². The maximum atomic E-state index is 2.47. The van der Waals surface area contributed by atoms with Gasteiger partial charge in [-0.2, -0.15) is 0 Å². The summed E-state index contributed by atoms with van der Waals surface area (Å²) in [5.41, 5.74) is 12.1. The van der Waals surface area contributed by atoms with Gasteiger partial charge in [-0.05, 0) is 141 Å². The van der Waals surface area contributed by atoms with Crippen molar-refractivity contribution in [1.29, 1.82) is 0 Å². The van der Waals surface area contributed by atoms with Gasteiger partial charge in [0.05, 0.1) is 22.1 Å². The largest absolute Gasteiger partial charge is 0.309 e. The van der Waals surface area contributed by atoms with Crippen molar-refractivity contribution in [3.8, 4) is 33.6 Å². The predicted molar refractivity (Wildman–Crippen MR) is 287 cm³/mol. The first-order chi connectivity index (χ1) is 32.7. The summed E-state index contributed by atoms with van der Waals surface area (Å²) in [6.45, 7) is 0. The molecule has 11 aromatic carbocycles. The first-order valence-corrected chi connectivity index (χ1v) is 24.2. The van der Waals surface area contributed by atoms with Gasteiger partial charge < -0.3 is 9.13 Å². The van der Waals surface area contributed by atoms with E-state index < -0.39 is 0 Å². The van der Waals surface area contributed by atoms with Crippen LogP contribution in [0.25, 0.3) is 139 Å². The molecule has 4 aromatic heterocycles. The van der Waals surface area contributed by atoms with Crippen LogP contribution in [-0.4, -0.2) is 9.13 Å². The van der Waals surface area contributed by atoms with E-state index in [0.29, 0.717) is 0 Å². The van der Waals surface area contributed by atoms with Crippen molar-refractivity contribution >= 4 is 128 Å². The SMILES string of the molecule is c1ccc2c(c1)sc1ccc(-c3ccc4ccc(-n5c6ccccc6c6c7c8ccccc8n(-c8ccc9ccc(-c%10ccc%11sc%12ccccc%12c%11c%10)cc9c8)c7ccc65)cc4c3)cc12. The summed E-state index contributed by atoms with van der Waals surface area (Å²) in [7, 11) is 0. The zero-order valence-electron chi connectivity index (χ0n) is 35.5. The summed E-state index contributed by atoms with van der Waals surface area (Å²) >= 11 is 3.74. The number of nitrogens with zero attached hydrogens (tertiary/aromatic N) is 2. The van der Waals surface area contributed by atoms with Gasteiger partial charge in [-0.25, -0.2) is 0 Å². The molecule has 0 N–H and O–H groups in total. The van der Waals surface area contributed by atoms with E-state index in [9.17, 15) is 0 Å². The second kappa shape index (κ2) is 13.7. The Labute approximate surface area is 387 Å². The maximum absolute atomic E-state index is 2.47. The first kappa shape index (κ1) is 36.3. The van der Waals surface area contributed by atoms with E-state index in [1.807, 2.05) is 22.7 Å². The molecule has 4 heterocycles. The van der Waals surface area contributed by atoms with Crippen molar-refractivity contribution in [2.45, 2.75) is 0 Å². The fourth-order valence-corrected chi connectivity index (χ4v) is 13.2. The highest BCUT2D eigenvalue weighted by Crippen LogP contribution is 2.44. The molecule has 0 fully saturated rings. The molecule has 0 unspecified atom stereocenters. The zero-order valence-corrected chi connectivity index (χ0v) is 37.1. The molecule has 0 radical (unpaired) electrons. The molecule has 0 aliphatic rings. The molecule has 0 spiro atoms. The van der Waals surface area contributed by atoms with Gasteiger partial charge in [0.1, 0.15) is 0 Å². The van der Waals surface area contributed by atoms with Crippen molar-refractivity contribution in [2.24, 2.45) is 0 Å². The van der Waals surface area contributed by atoms with Gasteiger partial charge in [-0.15, -0.1) is 22.7 Å². The topological polar surface area (TPSA) is 9.86 Å². The van der Waals surface area contributed by atoms with Gasteiger partial charge in [0.15, 0.2) is 0 Å². The van der Waals surface area contributed by atoms with E-state index in [2.05, 4.69) is 228 Å². The highest BCUT2D eigenvalue weighted by molar-refractivity contribution is 7.26. The minimum absolute atomic E-state index is 1.16. The molecule has 0 saturated heterocycles. The zero-order chi connectivity index (χ0) is 43.0. The minimum Gasteiger partial charge on any atom is -0.309 e. The molecule has 66 heavy (non-hydrogen) atoms. The fraction of sp³-hybridized carbons (Fsp3) is 0. The van der Waals surface area contributed by atoms with Crippen LogP contribution >= 0.6 is 22.7 Å². The van der Waals surface area contributed by atoms with E-state index in [1.54, 1.807) is 0 Å². The lowest BCUT2D eigenvalue weighted by atomic mass is 9.99.